The molecule has 0 bridgehead atoms. The highest BCUT2D eigenvalue weighted by molar-refractivity contribution is 14.1. The zero-order valence-corrected chi connectivity index (χ0v) is 13.7. The number of hydrogen-bond donors (Lipinski definition) is 2. The van der Waals surface area contributed by atoms with Crippen LogP contribution in [0.15, 0.2) is 12.4 Å². The van der Waals surface area contributed by atoms with E-state index in [1.807, 2.05) is 24.0 Å². The Morgan fingerprint density at radius 3 is 2.84 bits per heavy atom. The smallest absolute Gasteiger partial charge is 0.323 e. The van der Waals surface area contributed by atoms with E-state index in [0.717, 1.165) is 35.9 Å². The average Bonchev–Trinajstić information content (AvgIpc) is 2.78. The summed E-state index contributed by atoms with van der Waals surface area (Å²) in [5.74, 6) is -0.769. The first-order valence-corrected chi connectivity index (χ1v) is 7.72. The molecule has 1 aromatic heterocycles. The lowest BCUT2D eigenvalue weighted by atomic mass is 9.94. The highest BCUT2D eigenvalue weighted by Gasteiger charge is 2.31. The lowest BCUT2D eigenvalue weighted by Crippen LogP contribution is -2.49. The first-order chi connectivity index (χ1) is 8.98. The molecule has 0 aliphatic heterocycles. The van der Waals surface area contributed by atoms with Crippen LogP contribution >= 0.6 is 22.6 Å². The van der Waals surface area contributed by atoms with Gasteiger partial charge in [-0.2, -0.15) is 5.10 Å². The minimum absolute atomic E-state index is 0.640. The fraction of sp³-hybridized carbons (Fsp3) is 0.692. The van der Waals surface area contributed by atoms with Crippen LogP contribution in [-0.4, -0.2) is 32.9 Å². The number of aliphatic carboxylic acids is 1. The van der Waals surface area contributed by atoms with Crippen LogP contribution in [-0.2, 0) is 11.3 Å². The Kier molecular flexibility index (Phi) is 6.78. The normalized spacial score (nSPS) is 14.3. The van der Waals surface area contributed by atoms with Gasteiger partial charge in [0.05, 0.1) is 9.77 Å². The van der Waals surface area contributed by atoms with E-state index in [1.165, 1.54) is 0 Å². The number of carbonyl (C=O) groups is 1. The molecule has 2 N–H and O–H groups in total. The third kappa shape index (κ3) is 5.48. The molecular formula is C13H22IN3O2. The van der Waals surface area contributed by atoms with Crippen molar-refractivity contribution in [3.8, 4) is 0 Å². The third-order valence-electron chi connectivity index (χ3n) is 3.15. The summed E-state index contributed by atoms with van der Waals surface area (Å²) in [6.07, 6.45) is 7.21. The van der Waals surface area contributed by atoms with Gasteiger partial charge in [0, 0.05) is 12.7 Å². The summed E-state index contributed by atoms with van der Waals surface area (Å²) in [6, 6.07) is 0. The number of unbranched alkanes of at least 4 members (excludes halogenated alkanes) is 1. The molecule has 19 heavy (non-hydrogen) atoms. The van der Waals surface area contributed by atoms with Crippen molar-refractivity contribution in [1.29, 1.82) is 0 Å². The predicted molar refractivity (Wildman–Crippen MR) is 83.1 cm³/mol. The summed E-state index contributed by atoms with van der Waals surface area (Å²) in [5, 5.41) is 16.6. The molecule has 0 fully saturated rings. The van der Waals surface area contributed by atoms with Crippen molar-refractivity contribution >= 4 is 28.6 Å². The largest absolute Gasteiger partial charge is 0.480 e. The maximum atomic E-state index is 11.3. The van der Waals surface area contributed by atoms with Crippen molar-refractivity contribution in [1.82, 2.24) is 15.1 Å². The summed E-state index contributed by atoms with van der Waals surface area (Å²) in [5.41, 5.74) is -0.811. The number of carboxylic acids is 1. The summed E-state index contributed by atoms with van der Waals surface area (Å²) in [7, 11) is 0. The Hall–Kier alpha value is -0.630. The van der Waals surface area contributed by atoms with E-state index in [0.29, 0.717) is 6.42 Å². The molecule has 0 amide bonds. The third-order valence-corrected chi connectivity index (χ3v) is 3.71. The van der Waals surface area contributed by atoms with Crippen LogP contribution in [0, 0.1) is 3.57 Å². The first kappa shape index (κ1) is 16.4. The fourth-order valence-corrected chi connectivity index (χ4v) is 2.33. The van der Waals surface area contributed by atoms with Crippen LogP contribution in [0.3, 0.4) is 0 Å². The number of rotatable bonds is 9. The number of hydrogen-bond acceptors (Lipinski definition) is 3. The van der Waals surface area contributed by atoms with Gasteiger partial charge < -0.3 is 10.4 Å². The minimum Gasteiger partial charge on any atom is -0.480 e. The van der Waals surface area contributed by atoms with Gasteiger partial charge >= 0.3 is 5.97 Å². The second-order valence-electron chi connectivity index (χ2n) is 4.94. The predicted octanol–water partition coefficient (Wildman–Crippen LogP) is 2.50. The van der Waals surface area contributed by atoms with E-state index in [-0.39, 0.29) is 0 Å². The Morgan fingerprint density at radius 2 is 2.32 bits per heavy atom. The van der Waals surface area contributed by atoms with Crippen molar-refractivity contribution in [2.24, 2.45) is 0 Å². The van der Waals surface area contributed by atoms with Crippen LogP contribution in [0.5, 0.6) is 0 Å². The molecule has 0 saturated heterocycles. The van der Waals surface area contributed by atoms with Gasteiger partial charge in [0.2, 0.25) is 0 Å². The Morgan fingerprint density at radius 1 is 1.58 bits per heavy atom. The second kappa shape index (κ2) is 7.84. The van der Waals surface area contributed by atoms with Crippen LogP contribution in [0.25, 0.3) is 0 Å². The van der Waals surface area contributed by atoms with E-state index < -0.39 is 11.5 Å². The molecule has 1 rings (SSSR count). The molecule has 1 heterocycles. The molecule has 0 aliphatic carbocycles. The zero-order chi connectivity index (χ0) is 14.3. The Labute approximate surface area is 127 Å². The summed E-state index contributed by atoms with van der Waals surface area (Å²) in [4.78, 5) is 11.3. The molecule has 0 aromatic carbocycles. The topological polar surface area (TPSA) is 67.2 Å². The maximum Gasteiger partial charge on any atom is 0.323 e. The van der Waals surface area contributed by atoms with E-state index in [2.05, 4.69) is 33.0 Å². The monoisotopic (exact) mass is 379 g/mol. The van der Waals surface area contributed by atoms with Crippen molar-refractivity contribution in [2.45, 2.75) is 51.6 Å². The van der Waals surface area contributed by atoms with Crippen LogP contribution in [0.4, 0.5) is 0 Å². The van der Waals surface area contributed by atoms with Gasteiger partial charge in [0.25, 0.3) is 0 Å². The van der Waals surface area contributed by atoms with Crippen molar-refractivity contribution in [3.63, 3.8) is 0 Å². The van der Waals surface area contributed by atoms with E-state index in [9.17, 15) is 9.90 Å². The van der Waals surface area contributed by atoms with Gasteiger partial charge in [0.15, 0.2) is 0 Å². The van der Waals surface area contributed by atoms with Gasteiger partial charge in [-0.3, -0.25) is 9.48 Å². The number of halogens is 1. The molecular weight excluding hydrogens is 357 g/mol. The van der Waals surface area contributed by atoms with Crippen molar-refractivity contribution < 1.29 is 9.90 Å². The average molecular weight is 379 g/mol. The highest BCUT2D eigenvalue weighted by atomic mass is 127. The summed E-state index contributed by atoms with van der Waals surface area (Å²) < 4.78 is 3.02. The zero-order valence-electron chi connectivity index (χ0n) is 11.5. The van der Waals surface area contributed by atoms with Crippen LogP contribution < -0.4 is 5.32 Å². The maximum absolute atomic E-state index is 11.3. The van der Waals surface area contributed by atoms with Crippen molar-refractivity contribution in [2.75, 3.05) is 6.54 Å². The molecule has 6 heteroatoms. The Bertz CT molecular complexity index is 408. The second-order valence-corrected chi connectivity index (χ2v) is 6.19. The number of nitrogens with zero attached hydrogens (tertiary/aromatic N) is 2. The first-order valence-electron chi connectivity index (χ1n) is 6.64. The van der Waals surface area contributed by atoms with Crippen LogP contribution in [0.1, 0.15) is 39.5 Å². The summed E-state index contributed by atoms with van der Waals surface area (Å²) >= 11 is 2.23. The Balaban J connectivity index is 2.34. The fourth-order valence-electron chi connectivity index (χ4n) is 1.88. The van der Waals surface area contributed by atoms with E-state index in [4.69, 9.17) is 0 Å². The number of nitrogens with one attached hydrogen (secondary N) is 1. The molecule has 108 valence electrons. The van der Waals surface area contributed by atoms with E-state index >= 15 is 0 Å². The van der Waals surface area contributed by atoms with E-state index in [1.54, 1.807) is 6.92 Å². The number of aryl methyl sites for hydroxylation is 1. The lowest BCUT2D eigenvalue weighted by molar-refractivity contribution is -0.144. The lowest BCUT2D eigenvalue weighted by Gasteiger charge is -2.26. The van der Waals surface area contributed by atoms with Crippen LogP contribution in [0.2, 0.25) is 0 Å². The highest BCUT2D eigenvalue weighted by Crippen LogP contribution is 2.15. The quantitative estimate of drug-likeness (QED) is 0.511. The number of aromatic nitrogens is 2. The minimum atomic E-state index is -0.811. The molecule has 0 radical (unpaired) electrons. The van der Waals surface area contributed by atoms with Gasteiger partial charge in [-0.25, -0.2) is 0 Å². The van der Waals surface area contributed by atoms with Gasteiger partial charge in [-0.05, 0) is 61.7 Å². The van der Waals surface area contributed by atoms with Crippen molar-refractivity contribution in [3.05, 3.63) is 16.0 Å². The molecule has 1 atom stereocenters. The molecule has 1 aromatic rings. The summed E-state index contributed by atoms with van der Waals surface area (Å²) in [6.45, 7) is 5.38. The SMILES string of the molecule is CCCNC(C)(CCCCn1cc(I)cn1)C(=O)O. The molecule has 0 spiro atoms. The standard InChI is InChI=1S/C13H22IN3O2/c1-3-7-15-13(2,12(18)19)6-4-5-8-17-10-11(14)9-16-17/h9-10,15H,3-8H2,1-2H3,(H,18,19). The number of carboxylic acid groups (broad SMARTS) is 1. The van der Waals surface area contributed by atoms with Gasteiger partial charge in [0.1, 0.15) is 5.54 Å². The molecule has 0 saturated carbocycles. The molecule has 0 aliphatic rings. The molecule has 1 unspecified atom stereocenters. The molecule has 5 nitrogen and oxygen atoms in total. The van der Waals surface area contributed by atoms with Gasteiger partial charge in [-0.1, -0.05) is 6.92 Å². The van der Waals surface area contributed by atoms with Gasteiger partial charge in [-0.15, -0.1) is 0 Å².